The molecule has 2 unspecified atom stereocenters. The average Bonchev–Trinajstić information content (AvgIpc) is 2.96. The molecule has 0 bridgehead atoms. The number of carbonyl (C=O) groups is 1. The van der Waals surface area contributed by atoms with Crippen molar-refractivity contribution in [3.05, 3.63) is 12.2 Å². The highest BCUT2D eigenvalue weighted by Gasteiger charge is 2.38. The quantitative estimate of drug-likeness (QED) is 0.759. The Hall–Kier alpha value is -0.830. The highest BCUT2D eigenvalue weighted by molar-refractivity contribution is 5.77. The topological polar surface area (TPSA) is 46.3 Å². The third kappa shape index (κ3) is 2.46. The standard InChI is InChI=1S/C15H24N2O/c16-14-6-5-12-9-17(10-13(12)8-14)15(18)7-11-3-1-2-4-11/h1,3,11-14H,2,4-10,16H2/t11?,12-,13+,14?/m0/s1. The Bertz CT molecular complexity index is 352. The van der Waals surface area contributed by atoms with Gasteiger partial charge >= 0.3 is 0 Å². The summed E-state index contributed by atoms with van der Waals surface area (Å²) in [5.74, 6) is 2.28. The second kappa shape index (κ2) is 5.04. The maximum Gasteiger partial charge on any atom is 0.223 e. The molecule has 4 atom stereocenters. The van der Waals surface area contributed by atoms with Gasteiger partial charge in [0.25, 0.3) is 0 Å². The first-order valence-electron chi connectivity index (χ1n) is 7.42. The zero-order chi connectivity index (χ0) is 12.5. The van der Waals surface area contributed by atoms with Crippen molar-refractivity contribution in [3.8, 4) is 0 Å². The zero-order valence-electron chi connectivity index (χ0n) is 11.1. The number of fused-ring (bicyclic) bond motifs is 1. The Morgan fingerprint density at radius 3 is 2.83 bits per heavy atom. The molecule has 0 spiro atoms. The lowest BCUT2D eigenvalue weighted by molar-refractivity contribution is -0.131. The van der Waals surface area contributed by atoms with E-state index < -0.39 is 0 Å². The molecule has 3 aliphatic rings. The molecule has 0 aromatic heterocycles. The smallest absolute Gasteiger partial charge is 0.223 e. The molecule has 1 aliphatic heterocycles. The van der Waals surface area contributed by atoms with E-state index in [2.05, 4.69) is 17.1 Å². The largest absolute Gasteiger partial charge is 0.342 e. The van der Waals surface area contributed by atoms with Crippen molar-refractivity contribution in [2.24, 2.45) is 23.5 Å². The number of hydrogen-bond donors (Lipinski definition) is 1. The van der Waals surface area contributed by atoms with E-state index >= 15 is 0 Å². The molecule has 3 rings (SSSR count). The Morgan fingerprint density at radius 1 is 1.22 bits per heavy atom. The molecule has 2 N–H and O–H groups in total. The molecule has 1 saturated heterocycles. The summed E-state index contributed by atoms with van der Waals surface area (Å²) < 4.78 is 0. The second-order valence-corrected chi connectivity index (χ2v) is 6.36. The molecule has 0 aromatic carbocycles. The highest BCUT2D eigenvalue weighted by Crippen LogP contribution is 2.36. The van der Waals surface area contributed by atoms with Crippen molar-refractivity contribution in [2.75, 3.05) is 13.1 Å². The Kier molecular flexibility index (Phi) is 3.42. The third-order valence-electron chi connectivity index (χ3n) is 4.99. The lowest BCUT2D eigenvalue weighted by Gasteiger charge is -2.27. The van der Waals surface area contributed by atoms with Gasteiger partial charge in [0, 0.05) is 25.6 Å². The van der Waals surface area contributed by atoms with E-state index in [1.807, 2.05) is 0 Å². The van der Waals surface area contributed by atoms with Crippen LogP contribution in [-0.2, 0) is 4.79 Å². The molecule has 1 amide bonds. The van der Waals surface area contributed by atoms with E-state index in [-0.39, 0.29) is 0 Å². The minimum absolute atomic E-state index is 0.370. The second-order valence-electron chi connectivity index (χ2n) is 6.36. The summed E-state index contributed by atoms with van der Waals surface area (Å²) in [6.45, 7) is 1.96. The van der Waals surface area contributed by atoms with Gasteiger partial charge in [0.1, 0.15) is 0 Å². The Balaban J connectivity index is 1.54. The summed E-state index contributed by atoms with van der Waals surface area (Å²) in [7, 11) is 0. The summed E-state index contributed by atoms with van der Waals surface area (Å²) in [5.41, 5.74) is 6.03. The normalized spacial score (nSPS) is 39.1. The maximum absolute atomic E-state index is 12.3. The predicted molar refractivity (Wildman–Crippen MR) is 71.9 cm³/mol. The molecule has 1 heterocycles. The Labute approximate surface area is 109 Å². The van der Waals surface area contributed by atoms with Crippen LogP contribution in [0.2, 0.25) is 0 Å². The molecular weight excluding hydrogens is 224 g/mol. The van der Waals surface area contributed by atoms with E-state index in [1.54, 1.807) is 0 Å². The fraction of sp³-hybridized carbons (Fsp3) is 0.800. The number of amides is 1. The molecule has 2 aliphatic carbocycles. The van der Waals surface area contributed by atoms with Gasteiger partial charge in [-0.15, -0.1) is 0 Å². The predicted octanol–water partition coefficient (Wildman–Crippen LogP) is 1.93. The molecule has 1 saturated carbocycles. The highest BCUT2D eigenvalue weighted by atomic mass is 16.2. The number of allylic oxidation sites excluding steroid dienone is 2. The van der Waals surface area contributed by atoms with Crippen LogP contribution in [-0.4, -0.2) is 29.9 Å². The van der Waals surface area contributed by atoms with Crippen molar-refractivity contribution in [1.29, 1.82) is 0 Å². The lowest BCUT2D eigenvalue weighted by Crippen LogP contribution is -2.32. The van der Waals surface area contributed by atoms with Gasteiger partial charge in [-0.3, -0.25) is 4.79 Å². The molecule has 0 aromatic rings. The summed E-state index contributed by atoms with van der Waals surface area (Å²) in [6, 6.07) is 0.374. The van der Waals surface area contributed by atoms with Crippen molar-refractivity contribution >= 4 is 5.91 Å². The van der Waals surface area contributed by atoms with Crippen LogP contribution in [0.3, 0.4) is 0 Å². The van der Waals surface area contributed by atoms with Gasteiger partial charge in [-0.2, -0.15) is 0 Å². The third-order valence-corrected chi connectivity index (χ3v) is 4.99. The van der Waals surface area contributed by atoms with Crippen LogP contribution >= 0.6 is 0 Å². The summed E-state index contributed by atoms with van der Waals surface area (Å²) in [4.78, 5) is 14.4. The molecular formula is C15H24N2O. The van der Waals surface area contributed by atoms with E-state index in [9.17, 15) is 4.79 Å². The minimum Gasteiger partial charge on any atom is -0.342 e. The summed E-state index contributed by atoms with van der Waals surface area (Å²) >= 11 is 0. The maximum atomic E-state index is 12.3. The van der Waals surface area contributed by atoms with Gasteiger partial charge < -0.3 is 10.6 Å². The molecule has 2 fully saturated rings. The number of carbonyl (C=O) groups excluding carboxylic acids is 1. The average molecular weight is 248 g/mol. The van der Waals surface area contributed by atoms with E-state index in [4.69, 9.17) is 5.73 Å². The van der Waals surface area contributed by atoms with Crippen LogP contribution in [0.25, 0.3) is 0 Å². The lowest BCUT2D eigenvalue weighted by atomic mass is 9.79. The van der Waals surface area contributed by atoms with Gasteiger partial charge in [-0.1, -0.05) is 12.2 Å². The van der Waals surface area contributed by atoms with Crippen LogP contribution in [0, 0.1) is 17.8 Å². The molecule has 0 radical (unpaired) electrons. The number of likely N-dealkylation sites (tertiary alicyclic amines) is 1. The molecule has 100 valence electrons. The monoisotopic (exact) mass is 248 g/mol. The molecule has 18 heavy (non-hydrogen) atoms. The van der Waals surface area contributed by atoms with Crippen LogP contribution in [0.4, 0.5) is 0 Å². The number of nitrogens with two attached hydrogens (primary N) is 1. The van der Waals surface area contributed by atoms with Crippen molar-refractivity contribution in [2.45, 2.75) is 44.6 Å². The van der Waals surface area contributed by atoms with Crippen molar-refractivity contribution in [1.82, 2.24) is 4.90 Å². The SMILES string of the molecule is NC1CC[C@H]2CN(C(=O)CC3C=CCC3)C[C@H]2C1. The van der Waals surface area contributed by atoms with Gasteiger partial charge in [-0.25, -0.2) is 0 Å². The van der Waals surface area contributed by atoms with E-state index in [1.165, 1.54) is 6.42 Å². The molecule has 3 heteroatoms. The first kappa shape index (κ1) is 12.2. The van der Waals surface area contributed by atoms with Gasteiger partial charge in [0.2, 0.25) is 5.91 Å². The van der Waals surface area contributed by atoms with Crippen LogP contribution in [0.1, 0.15) is 38.5 Å². The Morgan fingerprint density at radius 2 is 2.06 bits per heavy atom. The summed E-state index contributed by atoms with van der Waals surface area (Å²) in [5, 5.41) is 0. The van der Waals surface area contributed by atoms with E-state index in [0.717, 1.165) is 51.1 Å². The summed E-state index contributed by atoms with van der Waals surface area (Å²) in [6.07, 6.45) is 11.0. The minimum atomic E-state index is 0.370. The van der Waals surface area contributed by atoms with Gasteiger partial charge in [0.15, 0.2) is 0 Å². The zero-order valence-corrected chi connectivity index (χ0v) is 11.1. The first-order chi connectivity index (χ1) is 8.72. The number of hydrogen-bond acceptors (Lipinski definition) is 2. The van der Waals surface area contributed by atoms with Crippen molar-refractivity contribution in [3.63, 3.8) is 0 Å². The van der Waals surface area contributed by atoms with Crippen LogP contribution in [0.15, 0.2) is 12.2 Å². The van der Waals surface area contributed by atoms with E-state index in [0.29, 0.717) is 23.8 Å². The molecule has 3 nitrogen and oxygen atoms in total. The fourth-order valence-electron chi connectivity index (χ4n) is 3.89. The first-order valence-corrected chi connectivity index (χ1v) is 7.42. The van der Waals surface area contributed by atoms with Gasteiger partial charge in [0.05, 0.1) is 0 Å². The van der Waals surface area contributed by atoms with Crippen LogP contribution < -0.4 is 5.73 Å². The van der Waals surface area contributed by atoms with Crippen LogP contribution in [0.5, 0.6) is 0 Å². The fourth-order valence-corrected chi connectivity index (χ4v) is 3.89. The number of rotatable bonds is 2. The van der Waals surface area contributed by atoms with Crippen molar-refractivity contribution < 1.29 is 4.79 Å². The number of nitrogens with zero attached hydrogens (tertiary/aromatic N) is 1. The van der Waals surface area contributed by atoms with Gasteiger partial charge in [-0.05, 0) is 49.9 Å².